The highest BCUT2D eigenvalue weighted by molar-refractivity contribution is 5.17. The highest BCUT2D eigenvalue weighted by Gasteiger charge is 2.14. The van der Waals surface area contributed by atoms with Crippen LogP contribution in [0, 0.1) is 5.82 Å². The van der Waals surface area contributed by atoms with Crippen molar-refractivity contribution in [1.29, 1.82) is 0 Å². The first-order chi connectivity index (χ1) is 8.79. The molecule has 1 unspecified atom stereocenters. The molecule has 0 spiro atoms. The second-order valence-corrected chi connectivity index (χ2v) is 5.07. The molecule has 0 aliphatic carbocycles. The Bertz CT molecular complexity index is 367. The van der Waals surface area contributed by atoms with Gasteiger partial charge in [0.2, 0.25) is 0 Å². The molecular weight excluding hydrogens is 227 g/mol. The van der Waals surface area contributed by atoms with E-state index in [0.717, 1.165) is 44.6 Å². The zero-order chi connectivity index (χ0) is 12.8. The summed E-state index contributed by atoms with van der Waals surface area (Å²) in [5, 5.41) is 3.57. The van der Waals surface area contributed by atoms with Gasteiger partial charge in [-0.2, -0.15) is 0 Å². The quantitative estimate of drug-likeness (QED) is 0.887. The lowest BCUT2D eigenvalue weighted by Crippen LogP contribution is -2.39. The minimum absolute atomic E-state index is 0.0790. The van der Waals surface area contributed by atoms with Gasteiger partial charge < -0.3 is 5.32 Å². The number of nitrogens with one attached hydrogen (secondary N) is 1. The molecule has 1 aliphatic heterocycles. The van der Waals surface area contributed by atoms with E-state index >= 15 is 0 Å². The molecule has 1 aromatic carbocycles. The Morgan fingerprint density at radius 1 is 1.33 bits per heavy atom. The molecule has 0 radical (unpaired) electrons. The Hall–Kier alpha value is -0.930. The van der Waals surface area contributed by atoms with E-state index in [1.165, 1.54) is 6.42 Å². The first-order valence-corrected chi connectivity index (χ1v) is 6.98. The molecule has 3 heteroatoms. The van der Waals surface area contributed by atoms with Crippen molar-refractivity contribution >= 4 is 0 Å². The molecule has 1 aromatic rings. The van der Waals surface area contributed by atoms with Gasteiger partial charge in [0.25, 0.3) is 0 Å². The van der Waals surface area contributed by atoms with E-state index in [2.05, 4.69) is 17.1 Å². The van der Waals surface area contributed by atoms with Crippen LogP contribution in [0.2, 0.25) is 0 Å². The predicted octanol–water partition coefficient (Wildman–Crippen LogP) is 2.79. The molecular formula is C15H23FN2. The summed E-state index contributed by atoms with van der Waals surface area (Å²) in [6, 6.07) is 7.73. The fraction of sp³-hybridized carbons (Fsp3) is 0.600. The van der Waals surface area contributed by atoms with Crippen LogP contribution in [0.4, 0.5) is 4.39 Å². The molecule has 2 nitrogen and oxygen atoms in total. The lowest BCUT2D eigenvalue weighted by molar-refractivity contribution is 0.222. The standard InChI is InChI=1S/C15H23FN2/c1-2-14-8-11-18(10-5-9-17-14)12-13-6-3-4-7-15(13)16/h3-4,6-7,14,17H,2,5,8-12H2,1H3. The SMILES string of the molecule is CCC1CCN(Cc2ccccc2F)CCCN1. The average Bonchev–Trinajstić information content (AvgIpc) is 2.36. The van der Waals surface area contributed by atoms with E-state index in [4.69, 9.17) is 0 Å². The van der Waals surface area contributed by atoms with Crippen molar-refractivity contribution in [3.05, 3.63) is 35.6 Å². The van der Waals surface area contributed by atoms with Crippen molar-refractivity contribution in [3.63, 3.8) is 0 Å². The number of nitrogens with zero attached hydrogens (tertiary/aromatic N) is 1. The maximum atomic E-state index is 13.6. The van der Waals surface area contributed by atoms with Crippen LogP contribution >= 0.6 is 0 Å². The lowest BCUT2D eigenvalue weighted by atomic mass is 10.1. The smallest absolute Gasteiger partial charge is 0.127 e. The summed E-state index contributed by atoms with van der Waals surface area (Å²) in [4.78, 5) is 2.38. The van der Waals surface area contributed by atoms with Gasteiger partial charge in [0, 0.05) is 18.2 Å². The Balaban J connectivity index is 1.93. The fourth-order valence-electron chi connectivity index (χ4n) is 2.54. The molecule has 2 rings (SSSR count). The first-order valence-electron chi connectivity index (χ1n) is 6.98. The van der Waals surface area contributed by atoms with Crippen molar-refractivity contribution in [2.75, 3.05) is 19.6 Å². The van der Waals surface area contributed by atoms with Crippen molar-refractivity contribution < 1.29 is 4.39 Å². The number of benzene rings is 1. The Kier molecular flexibility index (Phi) is 5.14. The zero-order valence-electron chi connectivity index (χ0n) is 11.2. The van der Waals surface area contributed by atoms with Crippen LogP contribution in [-0.2, 0) is 6.54 Å². The highest BCUT2D eigenvalue weighted by Crippen LogP contribution is 2.12. The molecule has 0 bridgehead atoms. The van der Waals surface area contributed by atoms with Crippen molar-refractivity contribution in [2.45, 2.75) is 38.8 Å². The second-order valence-electron chi connectivity index (χ2n) is 5.07. The molecule has 1 N–H and O–H groups in total. The van der Waals surface area contributed by atoms with Crippen LogP contribution in [0.1, 0.15) is 31.7 Å². The predicted molar refractivity (Wildman–Crippen MR) is 73.0 cm³/mol. The fourth-order valence-corrected chi connectivity index (χ4v) is 2.54. The van der Waals surface area contributed by atoms with Gasteiger partial charge in [-0.15, -0.1) is 0 Å². The number of hydrogen-bond acceptors (Lipinski definition) is 2. The van der Waals surface area contributed by atoms with E-state index in [0.29, 0.717) is 6.04 Å². The normalized spacial score (nSPS) is 22.4. The Morgan fingerprint density at radius 3 is 2.94 bits per heavy atom. The van der Waals surface area contributed by atoms with Gasteiger partial charge in [-0.3, -0.25) is 4.90 Å². The van der Waals surface area contributed by atoms with E-state index in [9.17, 15) is 4.39 Å². The minimum atomic E-state index is -0.0790. The Morgan fingerprint density at radius 2 is 2.17 bits per heavy atom. The summed E-state index contributed by atoms with van der Waals surface area (Å²) in [5.41, 5.74) is 0.819. The lowest BCUT2D eigenvalue weighted by Gasteiger charge is -2.28. The number of rotatable bonds is 3. The number of hydrogen-bond donors (Lipinski definition) is 1. The molecule has 0 amide bonds. The summed E-state index contributed by atoms with van der Waals surface area (Å²) in [6.45, 7) is 6.15. The summed E-state index contributed by atoms with van der Waals surface area (Å²) >= 11 is 0. The minimum Gasteiger partial charge on any atom is -0.314 e. The summed E-state index contributed by atoms with van der Waals surface area (Å²) < 4.78 is 13.6. The van der Waals surface area contributed by atoms with Gasteiger partial charge in [-0.1, -0.05) is 25.1 Å². The zero-order valence-corrected chi connectivity index (χ0v) is 11.2. The summed E-state index contributed by atoms with van der Waals surface area (Å²) in [5.74, 6) is -0.0790. The molecule has 1 heterocycles. The monoisotopic (exact) mass is 250 g/mol. The van der Waals surface area contributed by atoms with Crippen molar-refractivity contribution in [1.82, 2.24) is 10.2 Å². The van der Waals surface area contributed by atoms with Crippen molar-refractivity contribution in [3.8, 4) is 0 Å². The van der Waals surface area contributed by atoms with Gasteiger partial charge >= 0.3 is 0 Å². The number of halogens is 1. The van der Waals surface area contributed by atoms with Crippen LogP contribution in [0.3, 0.4) is 0 Å². The molecule has 1 atom stereocenters. The van der Waals surface area contributed by atoms with E-state index < -0.39 is 0 Å². The van der Waals surface area contributed by atoms with Gasteiger partial charge in [0.05, 0.1) is 0 Å². The molecule has 1 fully saturated rings. The van der Waals surface area contributed by atoms with Gasteiger partial charge in [0.1, 0.15) is 5.82 Å². The molecule has 18 heavy (non-hydrogen) atoms. The third kappa shape index (κ3) is 3.79. The van der Waals surface area contributed by atoms with E-state index in [1.807, 2.05) is 12.1 Å². The molecule has 0 saturated carbocycles. The van der Waals surface area contributed by atoms with E-state index in [-0.39, 0.29) is 5.82 Å². The maximum absolute atomic E-state index is 13.6. The summed E-state index contributed by atoms with van der Waals surface area (Å²) in [6.07, 6.45) is 3.48. The van der Waals surface area contributed by atoms with Gasteiger partial charge in [-0.25, -0.2) is 4.39 Å². The van der Waals surface area contributed by atoms with Crippen LogP contribution in [0.25, 0.3) is 0 Å². The molecule has 0 aromatic heterocycles. The van der Waals surface area contributed by atoms with Crippen LogP contribution < -0.4 is 5.32 Å². The second kappa shape index (κ2) is 6.86. The third-order valence-electron chi connectivity index (χ3n) is 3.72. The topological polar surface area (TPSA) is 15.3 Å². The summed E-state index contributed by atoms with van der Waals surface area (Å²) in [7, 11) is 0. The van der Waals surface area contributed by atoms with Gasteiger partial charge in [-0.05, 0) is 45.0 Å². The van der Waals surface area contributed by atoms with E-state index in [1.54, 1.807) is 12.1 Å². The highest BCUT2D eigenvalue weighted by atomic mass is 19.1. The largest absolute Gasteiger partial charge is 0.314 e. The first kappa shape index (κ1) is 13.5. The van der Waals surface area contributed by atoms with Crippen LogP contribution in [-0.4, -0.2) is 30.6 Å². The molecule has 100 valence electrons. The van der Waals surface area contributed by atoms with Crippen LogP contribution in [0.15, 0.2) is 24.3 Å². The maximum Gasteiger partial charge on any atom is 0.127 e. The third-order valence-corrected chi connectivity index (χ3v) is 3.72. The molecule has 1 saturated heterocycles. The van der Waals surface area contributed by atoms with Crippen molar-refractivity contribution in [2.24, 2.45) is 0 Å². The van der Waals surface area contributed by atoms with Gasteiger partial charge in [0.15, 0.2) is 0 Å². The van der Waals surface area contributed by atoms with Crippen LogP contribution in [0.5, 0.6) is 0 Å². The Labute approximate surface area is 109 Å². The molecule has 1 aliphatic rings. The average molecular weight is 250 g/mol.